The van der Waals surface area contributed by atoms with Gasteiger partial charge in [-0.3, -0.25) is 4.79 Å². The van der Waals surface area contributed by atoms with Crippen LogP contribution in [0.2, 0.25) is 5.02 Å². The van der Waals surface area contributed by atoms with Crippen molar-refractivity contribution in [2.24, 2.45) is 17.4 Å². The predicted molar refractivity (Wildman–Crippen MR) is 98.5 cm³/mol. The van der Waals surface area contributed by atoms with E-state index in [9.17, 15) is 13.2 Å². The number of primary amides is 1. The van der Waals surface area contributed by atoms with E-state index in [1.165, 1.54) is 18.2 Å². The minimum absolute atomic E-state index is 0. The molecule has 0 aromatic heterocycles. The molecular formula is C15H23Cl2N3O4S. The molecule has 1 fully saturated rings. The summed E-state index contributed by atoms with van der Waals surface area (Å²) in [5.41, 5.74) is 10.8. The molecule has 1 aliphatic carbocycles. The number of hydrogen-bond acceptors (Lipinski definition) is 5. The molecule has 7 nitrogen and oxygen atoms in total. The van der Waals surface area contributed by atoms with E-state index in [0.29, 0.717) is 0 Å². The minimum atomic E-state index is -3.90. The first-order valence-corrected chi connectivity index (χ1v) is 9.62. The Balaban J connectivity index is 0.00000312. The van der Waals surface area contributed by atoms with Crippen molar-refractivity contribution in [3.63, 3.8) is 0 Å². The number of carbonyl (C=O) groups excluding carboxylic acids is 1. The molecule has 1 saturated carbocycles. The average Bonchev–Trinajstić information content (AvgIpc) is 3.05. The van der Waals surface area contributed by atoms with E-state index in [1.54, 1.807) is 0 Å². The van der Waals surface area contributed by atoms with Crippen LogP contribution in [-0.2, 0) is 14.8 Å². The van der Waals surface area contributed by atoms with Crippen molar-refractivity contribution in [3.8, 4) is 5.75 Å². The fourth-order valence-corrected chi connectivity index (χ4v) is 4.64. The van der Waals surface area contributed by atoms with Gasteiger partial charge in [0, 0.05) is 17.6 Å². The molecule has 10 heteroatoms. The molecule has 1 atom stereocenters. The van der Waals surface area contributed by atoms with Crippen LogP contribution in [-0.4, -0.2) is 33.5 Å². The van der Waals surface area contributed by atoms with Gasteiger partial charge >= 0.3 is 0 Å². The maximum absolute atomic E-state index is 12.8. The second-order valence-electron chi connectivity index (χ2n) is 5.85. The van der Waals surface area contributed by atoms with Gasteiger partial charge in [-0.2, -0.15) is 0 Å². The van der Waals surface area contributed by atoms with E-state index < -0.39 is 22.5 Å². The number of hydrogen-bond donors (Lipinski definition) is 3. The lowest BCUT2D eigenvalue weighted by Crippen LogP contribution is -2.44. The topological polar surface area (TPSA) is 125 Å². The van der Waals surface area contributed by atoms with Crippen LogP contribution in [0.3, 0.4) is 0 Å². The van der Waals surface area contributed by atoms with E-state index in [4.69, 9.17) is 27.8 Å². The molecule has 1 aromatic rings. The number of amides is 1. The highest BCUT2D eigenvalue weighted by Gasteiger charge is 2.30. The van der Waals surface area contributed by atoms with E-state index in [0.717, 1.165) is 25.7 Å². The Morgan fingerprint density at radius 3 is 2.56 bits per heavy atom. The van der Waals surface area contributed by atoms with Gasteiger partial charge in [-0.15, -0.1) is 12.4 Å². The van der Waals surface area contributed by atoms with Crippen LogP contribution in [0.25, 0.3) is 0 Å². The van der Waals surface area contributed by atoms with Gasteiger partial charge in [-0.05, 0) is 37.0 Å². The van der Waals surface area contributed by atoms with Crippen LogP contribution in [0.5, 0.6) is 5.75 Å². The van der Waals surface area contributed by atoms with Crippen LogP contribution >= 0.6 is 24.0 Å². The normalized spacial score (nSPS) is 16.2. The summed E-state index contributed by atoms with van der Waals surface area (Å²) in [5, 5.41) is 0.243. The van der Waals surface area contributed by atoms with Gasteiger partial charge in [-0.1, -0.05) is 24.4 Å². The van der Waals surface area contributed by atoms with Gasteiger partial charge in [0.15, 0.2) is 6.61 Å². The molecule has 0 radical (unpaired) electrons. The summed E-state index contributed by atoms with van der Waals surface area (Å²) in [6.45, 7) is -0.213. The molecule has 0 saturated heterocycles. The van der Waals surface area contributed by atoms with Crippen molar-refractivity contribution in [3.05, 3.63) is 23.2 Å². The van der Waals surface area contributed by atoms with Gasteiger partial charge in [-0.25, -0.2) is 13.1 Å². The maximum Gasteiger partial charge on any atom is 0.255 e. The van der Waals surface area contributed by atoms with Crippen LogP contribution in [0.1, 0.15) is 25.7 Å². The Hall–Kier alpha value is -1.06. The molecule has 1 aliphatic rings. The standard InChI is InChI=1S/C15H22ClN3O4S.ClH/c16-11-5-6-13(23-9-15(18)20)14(7-11)24(21,22)19-12(8-17)10-3-1-2-4-10;/h5-7,10,12,19H,1-4,8-9,17H2,(H2,18,20);1H. The molecule has 5 N–H and O–H groups in total. The van der Waals surface area contributed by atoms with Crippen molar-refractivity contribution in [1.82, 2.24) is 4.72 Å². The molecule has 0 aliphatic heterocycles. The zero-order valence-corrected chi connectivity index (χ0v) is 16.0. The number of halogens is 2. The zero-order chi connectivity index (χ0) is 17.7. The van der Waals surface area contributed by atoms with Gasteiger partial charge in [0.2, 0.25) is 10.0 Å². The fraction of sp³-hybridized carbons (Fsp3) is 0.533. The van der Waals surface area contributed by atoms with Crippen LogP contribution in [0.4, 0.5) is 0 Å². The maximum atomic E-state index is 12.8. The van der Waals surface area contributed by atoms with Crippen molar-refractivity contribution < 1.29 is 17.9 Å². The molecule has 0 bridgehead atoms. The van der Waals surface area contributed by atoms with Crippen LogP contribution < -0.4 is 20.9 Å². The van der Waals surface area contributed by atoms with E-state index in [2.05, 4.69) is 4.72 Å². The van der Waals surface area contributed by atoms with Gasteiger partial charge in [0.25, 0.3) is 5.91 Å². The summed E-state index contributed by atoms with van der Waals surface area (Å²) < 4.78 is 33.4. The summed E-state index contributed by atoms with van der Waals surface area (Å²) in [6.07, 6.45) is 4.05. The monoisotopic (exact) mass is 411 g/mol. The van der Waals surface area contributed by atoms with E-state index in [1.807, 2.05) is 0 Å². The molecular weight excluding hydrogens is 389 g/mol. The van der Waals surface area contributed by atoms with Crippen molar-refractivity contribution in [1.29, 1.82) is 0 Å². The van der Waals surface area contributed by atoms with Crippen molar-refractivity contribution in [2.75, 3.05) is 13.2 Å². The third-order valence-electron chi connectivity index (χ3n) is 4.09. The number of rotatable bonds is 8. The van der Waals surface area contributed by atoms with E-state index in [-0.39, 0.29) is 46.6 Å². The SMILES string of the molecule is Cl.NCC(NS(=O)(=O)c1cc(Cl)ccc1OCC(N)=O)C1CCCC1. The largest absolute Gasteiger partial charge is 0.482 e. The number of ether oxygens (including phenoxy) is 1. The fourth-order valence-electron chi connectivity index (χ4n) is 2.92. The highest BCUT2D eigenvalue weighted by molar-refractivity contribution is 7.89. The summed E-state index contributed by atoms with van der Waals surface area (Å²) in [6, 6.07) is 3.81. The second kappa shape index (κ2) is 9.59. The van der Waals surface area contributed by atoms with Crippen LogP contribution in [0, 0.1) is 5.92 Å². The number of sulfonamides is 1. The van der Waals surface area contributed by atoms with Crippen molar-refractivity contribution in [2.45, 2.75) is 36.6 Å². The Labute approximate surface area is 158 Å². The Kier molecular flexibility index (Phi) is 8.43. The molecule has 0 heterocycles. The number of nitrogens with two attached hydrogens (primary N) is 2. The Morgan fingerprint density at radius 1 is 1.36 bits per heavy atom. The summed E-state index contributed by atoms with van der Waals surface area (Å²) in [5.74, 6) is -0.459. The molecule has 142 valence electrons. The predicted octanol–water partition coefficient (Wildman–Crippen LogP) is 1.42. The lowest BCUT2D eigenvalue weighted by molar-refractivity contribution is -0.120. The molecule has 1 unspecified atom stereocenters. The molecule has 0 spiro atoms. The molecule has 1 amide bonds. The minimum Gasteiger partial charge on any atom is -0.482 e. The summed E-state index contributed by atoms with van der Waals surface area (Å²) in [4.78, 5) is 10.8. The lowest BCUT2D eigenvalue weighted by Gasteiger charge is -2.23. The first-order chi connectivity index (χ1) is 11.3. The highest BCUT2D eigenvalue weighted by Crippen LogP contribution is 2.31. The van der Waals surface area contributed by atoms with E-state index >= 15 is 0 Å². The highest BCUT2D eigenvalue weighted by atomic mass is 35.5. The lowest BCUT2D eigenvalue weighted by atomic mass is 9.99. The summed E-state index contributed by atoms with van der Waals surface area (Å²) >= 11 is 5.92. The molecule has 2 rings (SSSR count). The van der Waals surface area contributed by atoms with Gasteiger partial charge in [0.1, 0.15) is 10.6 Å². The summed E-state index contributed by atoms with van der Waals surface area (Å²) in [7, 11) is -3.90. The second-order valence-corrected chi connectivity index (χ2v) is 7.97. The number of nitrogens with one attached hydrogen (secondary N) is 1. The Bertz CT molecular complexity index is 694. The van der Waals surface area contributed by atoms with Crippen molar-refractivity contribution >= 4 is 39.9 Å². The van der Waals surface area contributed by atoms with Gasteiger partial charge < -0.3 is 16.2 Å². The van der Waals surface area contributed by atoms with Gasteiger partial charge in [0.05, 0.1) is 0 Å². The smallest absolute Gasteiger partial charge is 0.255 e. The number of benzene rings is 1. The quantitative estimate of drug-likeness (QED) is 0.596. The zero-order valence-electron chi connectivity index (χ0n) is 13.6. The molecule has 25 heavy (non-hydrogen) atoms. The number of carbonyl (C=O) groups is 1. The average molecular weight is 412 g/mol. The molecule has 1 aromatic carbocycles. The third-order valence-corrected chi connectivity index (χ3v) is 5.84. The van der Waals surface area contributed by atoms with Crippen LogP contribution in [0.15, 0.2) is 23.1 Å². The first kappa shape index (κ1) is 22.0. The Morgan fingerprint density at radius 2 is 2.00 bits per heavy atom. The first-order valence-electron chi connectivity index (χ1n) is 7.76. The third kappa shape index (κ3) is 6.00.